The summed E-state index contributed by atoms with van der Waals surface area (Å²) >= 11 is 0. The molecule has 0 heterocycles. The Hall–Kier alpha value is -0.600. The zero-order valence-electron chi connectivity index (χ0n) is 7.22. The largest absolute Gasteiger partial charge is 0.319 e. The van der Waals surface area contributed by atoms with E-state index < -0.39 is 0 Å². The van der Waals surface area contributed by atoms with Crippen molar-refractivity contribution in [2.24, 2.45) is 5.41 Å². The second-order valence-corrected chi connectivity index (χ2v) is 3.01. The van der Waals surface area contributed by atoms with Gasteiger partial charge in [0.15, 0.2) is 0 Å². The van der Waals surface area contributed by atoms with Gasteiger partial charge in [-0.05, 0) is 14.1 Å². The molecular formula is C9H16N2. The molecule has 0 unspecified atom stereocenters. The Balaban J connectivity index is 2.56. The van der Waals surface area contributed by atoms with Crippen LogP contribution in [0.25, 0.3) is 0 Å². The molecular weight excluding hydrogens is 136 g/mol. The molecule has 0 radical (unpaired) electrons. The van der Waals surface area contributed by atoms with Crippen molar-refractivity contribution in [3.05, 3.63) is 24.3 Å². The molecule has 1 aliphatic carbocycles. The van der Waals surface area contributed by atoms with Crippen molar-refractivity contribution >= 4 is 0 Å². The maximum absolute atomic E-state index is 3.19. The van der Waals surface area contributed by atoms with Crippen LogP contribution in [0.5, 0.6) is 0 Å². The fraction of sp³-hybridized carbons (Fsp3) is 0.556. The molecule has 0 aromatic heterocycles. The highest BCUT2D eigenvalue weighted by molar-refractivity contribution is 5.26. The molecule has 62 valence electrons. The van der Waals surface area contributed by atoms with E-state index in [4.69, 9.17) is 0 Å². The van der Waals surface area contributed by atoms with Gasteiger partial charge in [-0.15, -0.1) is 0 Å². The Labute approximate surface area is 68.4 Å². The van der Waals surface area contributed by atoms with Crippen molar-refractivity contribution in [2.45, 2.75) is 0 Å². The Morgan fingerprint density at radius 2 is 1.45 bits per heavy atom. The molecule has 0 spiro atoms. The Bertz CT molecular complexity index is 150. The van der Waals surface area contributed by atoms with Crippen LogP contribution >= 0.6 is 0 Å². The van der Waals surface area contributed by atoms with E-state index in [0.29, 0.717) is 0 Å². The number of hydrogen-bond donors (Lipinski definition) is 2. The standard InChI is InChI=1S/C9H16N2/c1-10-7-9(8-11-2)5-3-4-6-9/h3-6,10-11H,7-8H2,1-2H3. The first-order valence-corrected chi connectivity index (χ1v) is 3.99. The topological polar surface area (TPSA) is 24.1 Å². The van der Waals surface area contributed by atoms with Crippen LogP contribution in [-0.2, 0) is 0 Å². The Morgan fingerprint density at radius 3 is 1.82 bits per heavy atom. The van der Waals surface area contributed by atoms with Gasteiger partial charge in [-0.3, -0.25) is 0 Å². The molecule has 0 fully saturated rings. The van der Waals surface area contributed by atoms with Crippen molar-refractivity contribution < 1.29 is 0 Å². The second kappa shape index (κ2) is 3.69. The molecule has 0 bridgehead atoms. The third-order valence-electron chi connectivity index (χ3n) is 1.98. The van der Waals surface area contributed by atoms with Crippen LogP contribution in [0.1, 0.15) is 0 Å². The van der Waals surface area contributed by atoms with Gasteiger partial charge in [0.05, 0.1) is 0 Å². The minimum Gasteiger partial charge on any atom is -0.319 e. The van der Waals surface area contributed by atoms with Gasteiger partial charge >= 0.3 is 0 Å². The zero-order chi connectivity index (χ0) is 8.16. The summed E-state index contributed by atoms with van der Waals surface area (Å²) < 4.78 is 0. The highest BCUT2D eigenvalue weighted by Gasteiger charge is 2.23. The van der Waals surface area contributed by atoms with Gasteiger partial charge in [0.1, 0.15) is 0 Å². The first-order valence-electron chi connectivity index (χ1n) is 3.99. The molecule has 0 atom stereocenters. The van der Waals surface area contributed by atoms with Gasteiger partial charge in [-0.1, -0.05) is 24.3 Å². The zero-order valence-corrected chi connectivity index (χ0v) is 7.22. The fourth-order valence-electron chi connectivity index (χ4n) is 1.51. The van der Waals surface area contributed by atoms with Crippen LogP contribution in [0, 0.1) is 5.41 Å². The molecule has 1 rings (SSSR count). The summed E-state index contributed by atoms with van der Waals surface area (Å²) in [5.41, 5.74) is 0.212. The van der Waals surface area contributed by atoms with E-state index in [9.17, 15) is 0 Å². The number of allylic oxidation sites excluding steroid dienone is 2. The van der Waals surface area contributed by atoms with Crippen LogP contribution in [-0.4, -0.2) is 27.2 Å². The van der Waals surface area contributed by atoms with Gasteiger partial charge in [0, 0.05) is 18.5 Å². The summed E-state index contributed by atoms with van der Waals surface area (Å²) in [6.07, 6.45) is 8.68. The van der Waals surface area contributed by atoms with E-state index in [0.717, 1.165) is 13.1 Å². The van der Waals surface area contributed by atoms with Crippen molar-refractivity contribution in [2.75, 3.05) is 27.2 Å². The lowest BCUT2D eigenvalue weighted by molar-refractivity contribution is 0.449. The van der Waals surface area contributed by atoms with Gasteiger partial charge in [-0.2, -0.15) is 0 Å². The Morgan fingerprint density at radius 1 is 1.00 bits per heavy atom. The van der Waals surface area contributed by atoms with Crippen molar-refractivity contribution in [1.82, 2.24) is 10.6 Å². The van der Waals surface area contributed by atoms with Gasteiger partial charge in [-0.25, -0.2) is 0 Å². The average molecular weight is 152 g/mol. The SMILES string of the molecule is CNCC1(CNC)C=CC=C1. The quantitative estimate of drug-likeness (QED) is 0.614. The summed E-state index contributed by atoms with van der Waals surface area (Å²) in [5.74, 6) is 0. The predicted octanol–water partition coefficient (Wildman–Crippen LogP) is 0.538. The average Bonchev–Trinajstić information content (AvgIpc) is 2.39. The molecule has 1 aliphatic rings. The predicted molar refractivity (Wildman–Crippen MR) is 48.6 cm³/mol. The van der Waals surface area contributed by atoms with Gasteiger partial charge in [0.2, 0.25) is 0 Å². The summed E-state index contributed by atoms with van der Waals surface area (Å²) in [5, 5.41) is 6.39. The van der Waals surface area contributed by atoms with E-state index in [1.807, 2.05) is 14.1 Å². The van der Waals surface area contributed by atoms with E-state index in [2.05, 4.69) is 34.9 Å². The molecule has 0 saturated carbocycles. The molecule has 0 amide bonds. The fourth-order valence-corrected chi connectivity index (χ4v) is 1.51. The Kier molecular flexibility index (Phi) is 2.85. The number of rotatable bonds is 4. The lowest BCUT2D eigenvalue weighted by Gasteiger charge is -2.24. The summed E-state index contributed by atoms with van der Waals surface area (Å²) in [7, 11) is 3.97. The van der Waals surface area contributed by atoms with Crippen molar-refractivity contribution in [1.29, 1.82) is 0 Å². The van der Waals surface area contributed by atoms with E-state index in [1.54, 1.807) is 0 Å². The van der Waals surface area contributed by atoms with Crippen LogP contribution in [0.2, 0.25) is 0 Å². The summed E-state index contributed by atoms with van der Waals surface area (Å²) in [6.45, 7) is 2.00. The highest BCUT2D eigenvalue weighted by Crippen LogP contribution is 2.23. The third kappa shape index (κ3) is 1.91. The number of nitrogens with one attached hydrogen (secondary N) is 2. The van der Waals surface area contributed by atoms with Gasteiger partial charge < -0.3 is 10.6 Å². The second-order valence-electron chi connectivity index (χ2n) is 3.01. The van der Waals surface area contributed by atoms with Crippen molar-refractivity contribution in [3.8, 4) is 0 Å². The first kappa shape index (κ1) is 8.50. The smallest absolute Gasteiger partial charge is 0.0317 e. The van der Waals surface area contributed by atoms with Crippen LogP contribution in [0.15, 0.2) is 24.3 Å². The molecule has 2 nitrogen and oxygen atoms in total. The maximum Gasteiger partial charge on any atom is 0.0317 e. The van der Waals surface area contributed by atoms with Crippen LogP contribution in [0.3, 0.4) is 0 Å². The lowest BCUT2D eigenvalue weighted by Crippen LogP contribution is -2.36. The van der Waals surface area contributed by atoms with Crippen molar-refractivity contribution in [3.63, 3.8) is 0 Å². The summed E-state index contributed by atoms with van der Waals surface area (Å²) in [6, 6.07) is 0. The molecule has 0 saturated heterocycles. The molecule has 2 N–H and O–H groups in total. The third-order valence-corrected chi connectivity index (χ3v) is 1.98. The monoisotopic (exact) mass is 152 g/mol. The minimum absolute atomic E-state index is 0.212. The molecule has 2 heteroatoms. The molecule has 11 heavy (non-hydrogen) atoms. The normalized spacial score (nSPS) is 19.5. The van der Waals surface area contributed by atoms with Crippen LogP contribution in [0.4, 0.5) is 0 Å². The molecule has 0 aliphatic heterocycles. The summed E-state index contributed by atoms with van der Waals surface area (Å²) in [4.78, 5) is 0. The van der Waals surface area contributed by atoms with Crippen LogP contribution < -0.4 is 10.6 Å². The highest BCUT2D eigenvalue weighted by atomic mass is 14.9. The van der Waals surface area contributed by atoms with E-state index >= 15 is 0 Å². The molecule has 0 aromatic carbocycles. The first-order chi connectivity index (χ1) is 5.33. The van der Waals surface area contributed by atoms with E-state index in [1.165, 1.54) is 0 Å². The molecule has 0 aromatic rings. The number of hydrogen-bond acceptors (Lipinski definition) is 2. The minimum atomic E-state index is 0.212. The lowest BCUT2D eigenvalue weighted by atomic mass is 9.90. The van der Waals surface area contributed by atoms with E-state index in [-0.39, 0.29) is 5.41 Å². The maximum atomic E-state index is 3.19. The van der Waals surface area contributed by atoms with Gasteiger partial charge in [0.25, 0.3) is 0 Å².